The average Bonchev–Trinajstić information content (AvgIpc) is 3.75. The zero-order chi connectivity index (χ0) is 35.5. The number of para-hydroxylation sites is 3. The van der Waals surface area contributed by atoms with Crippen molar-refractivity contribution in [1.29, 1.82) is 0 Å². The second-order valence-corrected chi connectivity index (χ2v) is 13.9. The van der Waals surface area contributed by atoms with Crippen molar-refractivity contribution < 1.29 is 4.92 Å². The van der Waals surface area contributed by atoms with Gasteiger partial charge in [-0.25, -0.2) is 4.98 Å². The molecule has 0 bridgehead atoms. The van der Waals surface area contributed by atoms with Crippen LogP contribution in [0.3, 0.4) is 0 Å². The van der Waals surface area contributed by atoms with Gasteiger partial charge < -0.3 is 9.13 Å². The summed E-state index contributed by atoms with van der Waals surface area (Å²) in [5, 5.41) is 16.3. The van der Waals surface area contributed by atoms with Crippen molar-refractivity contribution in [3.8, 4) is 33.8 Å². The summed E-state index contributed by atoms with van der Waals surface area (Å²) in [6, 6.07) is 55.4. The predicted octanol–water partition coefficient (Wildman–Crippen LogP) is 11.8. The molecule has 10 rings (SSSR count). The van der Waals surface area contributed by atoms with Crippen LogP contribution in [0.2, 0.25) is 0 Å². The van der Waals surface area contributed by atoms with E-state index in [1.165, 1.54) is 38.1 Å². The van der Waals surface area contributed by atoms with E-state index in [2.05, 4.69) is 149 Å². The molecule has 0 fully saturated rings. The maximum Gasteiger partial charge on any atom is 0.216 e. The zero-order valence-corrected chi connectivity index (χ0v) is 28.9. The van der Waals surface area contributed by atoms with Crippen molar-refractivity contribution in [2.45, 2.75) is 25.3 Å². The molecule has 3 heterocycles. The molecule has 0 saturated heterocycles. The smallest absolute Gasteiger partial charge is 0.216 e. The Morgan fingerprint density at radius 1 is 0.547 bits per heavy atom. The molecule has 0 aliphatic heterocycles. The second kappa shape index (κ2) is 12.5. The minimum absolute atomic E-state index is 0.155. The molecule has 6 nitrogen and oxygen atoms in total. The number of fused-ring (bicyclic) bond motifs is 7. The number of rotatable bonds is 6. The molecule has 1 aliphatic carbocycles. The van der Waals surface area contributed by atoms with E-state index < -0.39 is 6.04 Å². The molecular weight excluding hydrogens is 653 g/mol. The number of aromatic nitrogens is 3. The number of hydrogen-bond acceptors (Lipinski definition) is 3. The van der Waals surface area contributed by atoms with Crippen LogP contribution >= 0.6 is 0 Å². The summed E-state index contributed by atoms with van der Waals surface area (Å²) in [6.45, 7) is 0. The quantitative estimate of drug-likeness (QED) is 0.129. The van der Waals surface area contributed by atoms with E-state index in [-0.39, 0.29) is 4.92 Å². The largest absolute Gasteiger partial charge is 0.307 e. The summed E-state index contributed by atoms with van der Waals surface area (Å²) in [4.78, 5) is 16.5. The second-order valence-electron chi connectivity index (χ2n) is 13.9. The molecule has 53 heavy (non-hydrogen) atoms. The molecular formula is C47H34N4O2. The van der Waals surface area contributed by atoms with Gasteiger partial charge in [-0.05, 0) is 71.7 Å². The van der Waals surface area contributed by atoms with Gasteiger partial charge in [0, 0.05) is 56.2 Å². The summed E-state index contributed by atoms with van der Waals surface area (Å²) in [5.41, 5.74) is 12.9. The fraction of sp³-hybridized carbons (Fsp3) is 0.0851. The van der Waals surface area contributed by atoms with E-state index in [1.807, 2.05) is 24.3 Å². The molecule has 0 N–H and O–H groups in total. The monoisotopic (exact) mass is 686 g/mol. The molecule has 1 aliphatic rings. The van der Waals surface area contributed by atoms with Crippen molar-refractivity contribution in [3.05, 3.63) is 180 Å². The van der Waals surface area contributed by atoms with Crippen LogP contribution in [0.4, 0.5) is 0 Å². The summed E-state index contributed by atoms with van der Waals surface area (Å²) in [6.07, 6.45) is 3.60. The first kappa shape index (κ1) is 31.0. The molecule has 3 aromatic heterocycles. The van der Waals surface area contributed by atoms with Crippen LogP contribution in [-0.4, -0.2) is 25.1 Å². The van der Waals surface area contributed by atoms with E-state index in [1.54, 1.807) is 0 Å². The Bertz CT molecular complexity index is 2890. The standard InChI is InChI=1S/C47H34N4O2/c52-51(53)37-25-21-33(22-26-37)43-30-34(31-11-3-1-4-12-31)29-42(48-43)32-19-23-36(24-20-32)50-45-18-10-8-16-39(45)41-28-27-40-38-15-7-9-17-44(38)49(46(40)47(41)50)35-13-5-2-6-14-35/h1-21,23-24,27-30,37H,22,25-26H2. The van der Waals surface area contributed by atoms with Crippen LogP contribution in [0, 0.1) is 10.1 Å². The summed E-state index contributed by atoms with van der Waals surface area (Å²) < 4.78 is 4.82. The SMILES string of the molecule is O=[N+]([O-])C1CC=C(c2cc(-c3ccccc3)cc(-c3ccc(-n4c5ccccc5c5ccc6c7ccccc7n(-c7ccccc7)c6c54)cc3)n2)CC1. The Morgan fingerprint density at radius 3 is 1.68 bits per heavy atom. The van der Waals surface area contributed by atoms with Crippen molar-refractivity contribution in [2.24, 2.45) is 0 Å². The van der Waals surface area contributed by atoms with Crippen LogP contribution in [0.1, 0.15) is 25.0 Å². The summed E-state index contributed by atoms with van der Waals surface area (Å²) in [5.74, 6) is 0. The van der Waals surface area contributed by atoms with Gasteiger partial charge >= 0.3 is 0 Å². The Kier molecular flexibility index (Phi) is 7.29. The maximum absolute atomic E-state index is 11.5. The molecule has 0 saturated carbocycles. The van der Waals surface area contributed by atoms with Gasteiger partial charge in [-0.1, -0.05) is 115 Å². The van der Waals surface area contributed by atoms with E-state index >= 15 is 0 Å². The van der Waals surface area contributed by atoms with Crippen LogP contribution in [0.25, 0.3) is 82.9 Å². The van der Waals surface area contributed by atoms with Crippen LogP contribution in [0.5, 0.6) is 0 Å². The molecule has 6 heteroatoms. The average molecular weight is 687 g/mol. The van der Waals surface area contributed by atoms with Gasteiger partial charge in [0.05, 0.1) is 33.5 Å². The molecule has 254 valence electrons. The Morgan fingerprint density at radius 2 is 1.09 bits per heavy atom. The van der Waals surface area contributed by atoms with Crippen molar-refractivity contribution >= 4 is 49.2 Å². The highest BCUT2D eigenvalue weighted by Crippen LogP contribution is 2.42. The first-order valence-electron chi connectivity index (χ1n) is 18.1. The predicted molar refractivity (Wildman–Crippen MR) is 216 cm³/mol. The minimum Gasteiger partial charge on any atom is -0.307 e. The number of hydrogen-bond donors (Lipinski definition) is 0. The summed E-state index contributed by atoms with van der Waals surface area (Å²) in [7, 11) is 0. The van der Waals surface area contributed by atoms with E-state index in [0.29, 0.717) is 19.3 Å². The van der Waals surface area contributed by atoms with Gasteiger partial charge in [-0.15, -0.1) is 0 Å². The Balaban J connectivity index is 1.17. The molecule has 1 atom stereocenters. The molecule has 0 spiro atoms. The first-order chi connectivity index (χ1) is 26.1. The highest BCUT2D eigenvalue weighted by molar-refractivity contribution is 6.23. The van der Waals surface area contributed by atoms with Gasteiger partial charge in [-0.2, -0.15) is 0 Å². The first-order valence-corrected chi connectivity index (χ1v) is 18.1. The van der Waals surface area contributed by atoms with E-state index in [4.69, 9.17) is 4.98 Å². The van der Waals surface area contributed by atoms with Gasteiger partial charge in [0.2, 0.25) is 6.04 Å². The van der Waals surface area contributed by atoms with Gasteiger partial charge in [-0.3, -0.25) is 10.1 Å². The minimum atomic E-state index is -0.529. The van der Waals surface area contributed by atoms with Crippen LogP contribution < -0.4 is 0 Å². The highest BCUT2D eigenvalue weighted by Gasteiger charge is 2.25. The number of allylic oxidation sites excluding steroid dienone is 1. The third-order valence-electron chi connectivity index (χ3n) is 10.8. The van der Waals surface area contributed by atoms with E-state index in [9.17, 15) is 10.1 Å². The Labute approximate surface area is 306 Å². The van der Waals surface area contributed by atoms with E-state index in [0.717, 1.165) is 50.5 Å². The molecule has 9 aromatic rings. The van der Waals surface area contributed by atoms with Gasteiger partial charge in [0.1, 0.15) is 0 Å². The van der Waals surface area contributed by atoms with Crippen molar-refractivity contribution in [2.75, 3.05) is 0 Å². The fourth-order valence-electron chi connectivity index (χ4n) is 8.28. The lowest BCUT2D eigenvalue weighted by Crippen LogP contribution is -2.21. The Hall–Kier alpha value is -6.79. The maximum atomic E-state index is 11.5. The molecule has 6 aromatic carbocycles. The van der Waals surface area contributed by atoms with Crippen molar-refractivity contribution in [3.63, 3.8) is 0 Å². The van der Waals surface area contributed by atoms with Gasteiger partial charge in [0.25, 0.3) is 0 Å². The molecule has 1 unspecified atom stereocenters. The van der Waals surface area contributed by atoms with Crippen molar-refractivity contribution in [1.82, 2.24) is 14.1 Å². The number of nitrogens with zero attached hydrogens (tertiary/aromatic N) is 4. The lowest BCUT2D eigenvalue weighted by molar-refractivity contribution is -0.522. The molecule has 0 amide bonds. The fourth-order valence-corrected chi connectivity index (χ4v) is 8.28. The third kappa shape index (κ3) is 5.14. The zero-order valence-electron chi connectivity index (χ0n) is 28.9. The third-order valence-corrected chi connectivity index (χ3v) is 10.8. The lowest BCUT2D eigenvalue weighted by Gasteiger charge is -2.18. The highest BCUT2D eigenvalue weighted by atomic mass is 16.6. The normalized spacial score (nSPS) is 14.6. The molecule has 0 radical (unpaired) electrons. The lowest BCUT2D eigenvalue weighted by atomic mass is 9.91. The van der Waals surface area contributed by atoms with Crippen LogP contribution in [-0.2, 0) is 0 Å². The number of pyridine rings is 1. The summed E-state index contributed by atoms with van der Waals surface area (Å²) >= 11 is 0. The number of nitro groups is 1. The number of benzene rings is 6. The van der Waals surface area contributed by atoms with Crippen LogP contribution in [0.15, 0.2) is 164 Å². The topological polar surface area (TPSA) is 65.9 Å². The van der Waals surface area contributed by atoms with Gasteiger partial charge in [0.15, 0.2) is 0 Å².